The second-order valence-corrected chi connectivity index (χ2v) is 6.27. The highest BCUT2D eigenvalue weighted by Crippen LogP contribution is 2.25. The first-order valence-corrected chi connectivity index (χ1v) is 8.41. The van der Waals surface area contributed by atoms with Gasteiger partial charge in [0.2, 0.25) is 0 Å². The van der Waals surface area contributed by atoms with E-state index in [-0.39, 0.29) is 11.9 Å². The Labute approximate surface area is 147 Å². The van der Waals surface area contributed by atoms with E-state index in [1.54, 1.807) is 10.9 Å². The van der Waals surface area contributed by atoms with Gasteiger partial charge in [0, 0.05) is 35.6 Å². The van der Waals surface area contributed by atoms with Crippen LogP contribution in [-0.4, -0.2) is 25.9 Å². The van der Waals surface area contributed by atoms with Gasteiger partial charge in [-0.1, -0.05) is 19.1 Å². The molecule has 0 aliphatic carbocycles. The molecule has 2 heterocycles. The topological polar surface area (TPSA) is 75.6 Å². The van der Waals surface area contributed by atoms with E-state index >= 15 is 0 Å². The number of carbonyl (C=O) groups is 1. The Hall–Kier alpha value is -2.89. The number of H-pyrrole nitrogens is 1. The molecule has 1 amide bonds. The highest BCUT2D eigenvalue weighted by atomic mass is 16.1. The van der Waals surface area contributed by atoms with Crippen LogP contribution in [0.15, 0.2) is 36.7 Å². The molecule has 3 rings (SSSR count). The lowest BCUT2D eigenvalue weighted by Gasteiger charge is -2.15. The van der Waals surface area contributed by atoms with E-state index in [9.17, 15) is 4.79 Å². The van der Waals surface area contributed by atoms with Crippen LogP contribution in [0, 0.1) is 13.8 Å². The van der Waals surface area contributed by atoms with Crippen LogP contribution in [0.3, 0.4) is 0 Å². The largest absolute Gasteiger partial charge is 0.345 e. The van der Waals surface area contributed by atoms with Gasteiger partial charge >= 0.3 is 0 Å². The third-order valence-corrected chi connectivity index (χ3v) is 4.40. The summed E-state index contributed by atoms with van der Waals surface area (Å²) < 4.78 is 1.74. The Bertz CT molecular complexity index is 856. The van der Waals surface area contributed by atoms with E-state index in [0.29, 0.717) is 5.56 Å². The summed E-state index contributed by atoms with van der Waals surface area (Å²) in [7, 11) is 1.87. The van der Waals surface area contributed by atoms with E-state index < -0.39 is 0 Å². The van der Waals surface area contributed by atoms with Crippen molar-refractivity contribution in [3.63, 3.8) is 0 Å². The van der Waals surface area contributed by atoms with Crippen molar-refractivity contribution in [3.05, 3.63) is 59.2 Å². The molecule has 0 unspecified atom stereocenters. The predicted molar refractivity (Wildman–Crippen MR) is 97.2 cm³/mol. The van der Waals surface area contributed by atoms with Crippen LogP contribution in [0.25, 0.3) is 11.1 Å². The molecule has 0 spiro atoms. The molecule has 2 aromatic heterocycles. The summed E-state index contributed by atoms with van der Waals surface area (Å²) >= 11 is 0. The number of rotatable bonds is 5. The third kappa shape index (κ3) is 3.47. The predicted octanol–water partition coefficient (Wildman–Crippen LogP) is 3.31. The molecule has 0 aliphatic heterocycles. The molecule has 25 heavy (non-hydrogen) atoms. The van der Waals surface area contributed by atoms with Gasteiger partial charge in [0.15, 0.2) is 0 Å². The van der Waals surface area contributed by atoms with Gasteiger partial charge in [0.1, 0.15) is 0 Å². The van der Waals surface area contributed by atoms with Gasteiger partial charge < -0.3 is 5.32 Å². The van der Waals surface area contributed by atoms with Crippen molar-refractivity contribution in [2.75, 3.05) is 0 Å². The zero-order valence-electron chi connectivity index (χ0n) is 15.0. The molecule has 1 aromatic carbocycles. The van der Waals surface area contributed by atoms with Crippen LogP contribution in [0.1, 0.15) is 46.7 Å². The number of hydrogen-bond acceptors (Lipinski definition) is 3. The van der Waals surface area contributed by atoms with E-state index in [1.165, 1.54) is 0 Å². The summed E-state index contributed by atoms with van der Waals surface area (Å²) in [5.41, 5.74) is 5.78. The van der Waals surface area contributed by atoms with Crippen molar-refractivity contribution < 1.29 is 4.79 Å². The van der Waals surface area contributed by atoms with Crippen molar-refractivity contribution in [2.24, 2.45) is 7.05 Å². The molecule has 0 fully saturated rings. The first kappa shape index (κ1) is 17.0. The zero-order chi connectivity index (χ0) is 18.0. The number of benzene rings is 1. The Kier molecular flexibility index (Phi) is 4.70. The number of nitrogens with zero attached hydrogens (tertiary/aromatic N) is 3. The number of aromatic amines is 1. The normalized spacial score (nSPS) is 12.2. The fraction of sp³-hybridized carbons (Fsp3) is 0.316. The van der Waals surface area contributed by atoms with Crippen molar-refractivity contribution in [2.45, 2.75) is 33.2 Å². The zero-order valence-corrected chi connectivity index (χ0v) is 15.0. The van der Waals surface area contributed by atoms with Gasteiger partial charge in [-0.3, -0.25) is 14.6 Å². The Morgan fingerprint density at radius 2 is 2.00 bits per heavy atom. The molecule has 3 aromatic rings. The molecule has 0 saturated carbocycles. The number of nitrogens with one attached hydrogen (secondary N) is 2. The molecular weight excluding hydrogens is 314 g/mol. The molecule has 130 valence electrons. The number of hydrogen-bond donors (Lipinski definition) is 2. The minimum atomic E-state index is -0.0807. The first-order chi connectivity index (χ1) is 12.0. The van der Waals surface area contributed by atoms with Gasteiger partial charge in [-0.05, 0) is 38.0 Å². The smallest absolute Gasteiger partial charge is 0.251 e. The molecule has 0 saturated heterocycles. The maximum absolute atomic E-state index is 12.6. The quantitative estimate of drug-likeness (QED) is 0.750. The van der Waals surface area contributed by atoms with Gasteiger partial charge in [0.05, 0.1) is 17.9 Å². The minimum absolute atomic E-state index is 0.0424. The molecule has 2 N–H and O–H groups in total. The van der Waals surface area contributed by atoms with E-state index in [4.69, 9.17) is 0 Å². The standard InChI is InChI=1S/C19H23N5O/c1-5-17(16-10-20-24(4)11-16)21-19(25)15-8-6-14(7-9-15)18-12(2)22-23-13(18)3/h6-11,17H,5H2,1-4H3,(H,21,25)(H,22,23)/t17-/m1/s1. The number of aryl methyl sites for hydroxylation is 3. The lowest BCUT2D eigenvalue weighted by Crippen LogP contribution is -2.27. The molecule has 0 radical (unpaired) electrons. The molecule has 6 heteroatoms. The van der Waals surface area contributed by atoms with E-state index in [0.717, 1.165) is 34.5 Å². The number of aromatic nitrogens is 4. The van der Waals surface area contributed by atoms with Gasteiger partial charge in [0.25, 0.3) is 5.91 Å². The first-order valence-electron chi connectivity index (χ1n) is 8.41. The second kappa shape index (κ2) is 6.93. The van der Waals surface area contributed by atoms with Crippen molar-refractivity contribution in [3.8, 4) is 11.1 Å². The summed E-state index contributed by atoms with van der Waals surface area (Å²) in [5, 5.41) is 14.5. The third-order valence-electron chi connectivity index (χ3n) is 4.40. The summed E-state index contributed by atoms with van der Waals surface area (Å²) in [6, 6.07) is 7.59. The molecule has 1 atom stereocenters. The number of carbonyl (C=O) groups excluding carboxylic acids is 1. The fourth-order valence-corrected chi connectivity index (χ4v) is 3.05. The van der Waals surface area contributed by atoms with Crippen molar-refractivity contribution in [1.29, 1.82) is 0 Å². The van der Waals surface area contributed by atoms with Crippen molar-refractivity contribution >= 4 is 5.91 Å². The van der Waals surface area contributed by atoms with E-state index in [1.807, 2.05) is 58.3 Å². The van der Waals surface area contributed by atoms with Crippen LogP contribution in [0.5, 0.6) is 0 Å². The Morgan fingerprint density at radius 1 is 1.28 bits per heavy atom. The summed E-state index contributed by atoms with van der Waals surface area (Å²) in [6.07, 6.45) is 4.53. The van der Waals surface area contributed by atoms with Crippen LogP contribution in [0.4, 0.5) is 0 Å². The number of amides is 1. The van der Waals surface area contributed by atoms with Crippen LogP contribution in [-0.2, 0) is 7.05 Å². The van der Waals surface area contributed by atoms with Crippen LogP contribution >= 0.6 is 0 Å². The van der Waals surface area contributed by atoms with Gasteiger partial charge in [-0.25, -0.2) is 0 Å². The second-order valence-electron chi connectivity index (χ2n) is 6.27. The lowest BCUT2D eigenvalue weighted by molar-refractivity contribution is 0.0935. The summed E-state index contributed by atoms with van der Waals surface area (Å²) in [5.74, 6) is -0.0807. The highest BCUT2D eigenvalue weighted by Gasteiger charge is 2.16. The monoisotopic (exact) mass is 337 g/mol. The Balaban J connectivity index is 1.76. The molecule has 0 bridgehead atoms. The maximum Gasteiger partial charge on any atom is 0.251 e. The summed E-state index contributed by atoms with van der Waals surface area (Å²) in [4.78, 5) is 12.6. The maximum atomic E-state index is 12.6. The summed E-state index contributed by atoms with van der Waals surface area (Å²) in [6.45, 7) is 6.01. The average molecular weight is 337 g/mol. The van der Waals surface area contributed by atoms with Gasteiger partial charge in [-0.15, -0.1) is 0 Å². The molecular formula is C19H23N5O. The molecule has 0 aliphatic rings. The van der Waals surface area contributed by atoms with Crippen molar-refractivity contribution in [1.82, 2.24) is 25.3 Å². The van der Waals surface area contributed by atoms with Crippen LogP contribution < -0.4 is 5.32 Å². The van der Waals surface area contributed by atoms with E-state index in [2.05, 4.69) is 20.6 Å². The average Bonchev–Trinajstić information content (AvgIpc) is 3.18. The SMILES string of the molecule is CC[C@@H](NC(=O)c1ccc(-c2c(C)n[nH]c2C)cc1)c1cnn(C)c1. The fourth-order valence-electron chi connectivity index (χ4n) is 3.05. The lowest BCUT2D eigenvalue weighted by atomic mass is 10.0. The minimum Gasteiger partial charge on any atom is -0.345 e. The molecule has 6 nitrogen and oxygen atoms in total. The van der Waals surface area contributed by atoms with Crippen LogP contribution in [0.2, 0.25) is 0 Å². The van der Waals surface area contributed by atoms with Gasteiger partial charge in [-0.2, -0.15) is 10.2 Å². The highest BCUT2D eigenvalue weighted by molar-refractivity contribution is 5.95. The Morgan fingerprint density at radius 3 is 2.52 bits per heavy atom.